The Morgan fingerprint density at radius 3 is 2.65 bits per heavy atom. The van der Waals surface area contributed by atoms with Crippen LogP contribution in [0.5, 0.6) is 0 Å². The van der Waals surface area contributed by atoms with Crippen molar-refractivity contribution in [1.82, 2.24) is 15.0 Å². The van der Waals surface area contributed by atoms with Crippen LogP contribution in [0.15, 0.2) is 59.2 Å². The molecule has 1 heterocycles. The molecule has 5 heteroatoms. The smallest absolute Gasteiger partial charge is 0.133 e. The Balaban J connectivity index is 1.87. The van der Waals surface area contributed by atoms with Crippen molar-refractivity contribution in [2.75, 3.05) is 0 Å². The first kappa shape index (κ1) is 13.0. The number of hydrogen-bond acceptors (Lipinski definition) is 2. The molecule has 0 amide bonds. The Labute approximate surface area is 124 Å². The molecule has 0 fully saturated rings. The Bertz CT molecular complexity index is 725. The van der Waals surface area contributed by atoms with Crippen molar-refractivity contribution in [2.24, 2.45) is 0 Å². The monoisotopic (exact) mass is 331 g/mol. The van der Waals surface area contributed by atoms with Gasteiger partial charge in [0.2, 0.25) is 0 Å². The first-order chi connectivity index (χ1) is 9.72. The van der Waals surface area contributed by atoms with Crippen molar-refractivity contribution >= 4 is 15.9 Å². The molecular formula is C15H11BrFN3. The Morgan fingerprint density at radius 1 is 1.10 bits per heavy atom. The van der Waals surface area contributed by atoms with Gasteiger partial charge >= 0.3 is 0 Å². The number of aromatic nitrogens is 3. The van der Waals surface area contributed by atoms with E-state index >= 15 is 0 Å². The topological polar surface area (TPSA) is 30.7 Å². The molecule has 0 saturated carbocycles. The zero-order valence-corrected chi connectivity index (χ0v) is 12.1. The molecule has 0 bridgehead atoms. The lowest BCUT2D eigenvalue weighted by molar-refractivity contribution is 0.629. The van der Waals surface area contributed by atoms with Gasteiger partial charge in [-0.2, -0.15) is 0 Å². The molecule has 0 atom stereocenters. The van der Waals surface area contributed by atoms with Gasteiger partial charge in [0, 0.05) is 10.0 Å². The molecule has 0 saturated heterocycles. The van der Waals surface area contributed by atoms with Gasteiger partial charge in [-0.05, 0) is 23.8 Å². The number of hydrogen-bond donors (Lipinski definition) is 0. The molecule has 0 N–H and O–H groups in total. The maximum atomic E-state index is 13.9. The fourth-order valence-electron chi connectivity index (χ4n) is 1.97. The van der Waals surface area contributed by atoms with Crippen LogP contribution in [0.1, 0.15) is 5.56 Å². The van der Waals surface area contributed by atoms with Crippen molar-refractivity contribution in [3.63, 3.8) is 0 Å². The van der Waals surface area contributed by atoms with E-state index in [0.29, 0.717) is 22.3 Å². The molecule has 0 aliphatic heterocycles. The second kappa shape index (κ2) is 5.54. The highest BCUT2D eigenvalue weighted by molar-refractivity contribution is 9.10. The van der Waals surface area contributed by atoms with Gasteiger partial charge in [-0.1, -0.05) is 51.5 Å². The summed E-state index contributed by atoms with van der Waals surface area (Å²) in [4.78, 5) is 0. The van der Waals surface area contributed by atoms with E-state index in [1.807, 2.05) is 30.3 Å². The summed E-state index contributed by atoms with van der Waals surface area (Å²) in [6.07, 6.45) is 1.75. The van der Waals surface area contributed by atoms with E-state index in [1.54, 1.807) is 23.0 Å². The second-order valence-electron chi connectivity index (χ2n) is 4.41. The predicted molar refractivity (Wildman–Crippen MR) is 78.7 cm³/mol. The highest BCUT2D eigenvalue weighted by Crippen LogP contribution is 2.23. The standard InChI is InChI=1S/C15H11BrFN3/c16-12-6-7-13(14(17)8-12)15-10-20(19-18-15)9-11-4-2-1-3-5-11/h1-8,10H,9H2. The lowest BCUT2D eigenvalue weighted by atomic mass is 10.1. The van der Waals surface area contributed by atoms with Crippen LogP contribution in [0, 0.1) is 5.82 Å². The van der Waals surface area contributed by atoms with Gasteiger partial charge in [0.25, 0.3) is 0 Å². The summed E-state index contributed by atoms with van der Waals surface area (Å²) in [5, 5.41) is 8.07. The minimum atomic E-state index is -0.314. The quantitative estimate of drug-likeness (QED) is 0.728. The minimum Gasteiger partial charge on any atom is -0.247 e. The molecule has 3 rings (SSSR count). The van der Waals surface area contributed by atoms with Crippen molar-refractivity contribution in [3.05, 3.63) is 70.6 Å². The van der Waals surface area contributed by atoms with Gasteiger partial charge in [0.1, 0.15) is 11.5 Å². The third-order valence-corrected chi connectivity index (χ3v) is 3.43. The zero-order valence-electron chi connectivity index (χ0n) is 10.5. The Hall–Kier alpha value is -2.01. The van der Waals surface area contributed by atoms with Crippen LogP contribution in [0.4, 0.5) is 4.39 Å². The Morgan fingerprint density at radius 2 is 1.90 bits per heavy atom. The van der Waals surface area contributed by atoms with E-state index in [4.69, 9.17) is 0 Å². The van der Waals surface area contributed by atoms with Crippen LogP contribution in [-0.2, 0) is 6.54 Å². The first-order valence-electron chi connectivity index (χ1n) is 6.12. The third kappa shape index (κ3) is 2.77. The van der Waals surface area contributed by atoms with E-state index in [0.717, 1.165) is 5.56 Å². The summed E-state index contributed by atoms with van der Waals surface area (Å²) in [6, 6.07) is 14.8. The summed E-state index contributed by atoms with van der Waals surface area (Å²) in [5.41, 5.74) is 2.11. The third-order valence-electron chi connectivity index (χ3n) is 2.93. The number of nitrogens with zero attached hydrogens (tertiary/aromatic N) is 3. The lowest BCUT2D eigenvalue weighted by Crippen LogP contribution is -1.99. The molecule has 100 valence electrons. The predicted octanol–water partition coefficient (Wildman–Crippen LogP) is 3.90. The van der Waals surface area contributed by atoms with Crippen molar-refractivity contribution in [3.8, 4) is 11.3 Å². The molecule has 0 aliphatic rings. The minimum absolute atomic E-state index is 0.314. The maximum absolute atomic E-state index is 13.9. The van der Waals surface area contributed by atoms with Crippen LogP contribution in [0.2, 0.25) is 0 Å². The summed E-state index contributed by atoms with van der Waals surface area (Å²) in [5.74, 6) is -0.314. The van der Waals surface area contributed by atoms with E-state index < -0.39 is 0 Å². The number of benzene rings is 2. The van der Waals surface area contributed by atoms with Gasteiger partial charge in [-0.3, -0.25) is 0 Å². The summed E-state index contributed by atoms with van der Waals surface area (Å²) in [7, 11) is 0. The molecule has 2 aromatic carbocycles. The SMILES string of the molecule is Fc1cc(Br)ccc1-c1cn(Cc2ccccc2)nn1. The summed E-state index contributed by atoms with van der Waals surface area (Å²) in [6.45, 7) is 0.617. The van der Waals surface area contributed by atoms with E-state index in [9.17, 15) is 4.39 Å². The number of halogens is 2. The van der Waals surface area contributed by atoms with Crippen molar-refractivity contribution in [2.45, 2.75) is 6.54 Å². The molecule has 1 aromatic heterocycles. The molecule has 0 spiro atoms. The van der Waals surface area contributed by atoms with Gasteiger partial charge in [0.15, 0.2) is 0 Å². The molecule has 20 heavy (non-hydrogen) atoms. The normalized spacial score (nSPS) is 10.7. The van der Waals surface area contributed by atoms with E-state index in [2.05, 4.69) is 26.2 Å². The maximum Gasteiger partial charge on any atom is 0.133 e. The molecule has 0 radical (unpaired) electrons. The molecule has 3 aromatic rings. The van der Waals surface area contributed by atoms with Crippen LogP contribution in [-0.4, -0.2) is 15.0 Å². The average molecular weight is 332 g/mol. The van der Waals surface area contributed by atoms with Crippen molar-refractivity contribution < 1.29 is 4.39 Å². The average Bonchev–Trinajstić information content (AvgIpc) is 2.88. The molecule has 0 aliphatic carbocycles. The Kier molecular flexibility index (Phi) is 3.60. The van der Waals surface area contributed by atoms with Gasteiger partial charge in [0.05, 0.1) is 12.7 Å². The van der Waals surface area contributed by atoms with Crippen LogP contribution >= 0.6 is 15.9 Å². The largest absolute Gasteiger partial charge is 0.247 e. The fraction of sp³-hybridized carbons (Fsp3) is 0.0667. The van der Waals surface area contributed by atoms with E-state index in [-0.39, 0.29) is 5.82 Å². The summed E-state index contributed by atoms with van der Waals surface area (Å²) < 4.78 is 16.3. The fourth-order valence-corrected chi connectivity index (χ4v) is 2.30. The highest BCUT2D eigenvalue weighted by Gasteiger charge is 2.09. The van der Waals surface area contributed by atoms with Gasteiger partial charge in [-0.25, -0.2) is 9.07 Å². The number of rotatable bonds is 3. The summed E-state index contributed by atoms with van der Waals surface area (Å²) >= 11 is 3.24. The van der Waals surface area contributed by atoms with Crippen LogP contribution in [0.3, 0.4) is 0 Å². The van der Waals surface area contributed by atoms with Crippen LogP contribution < -0.4 is 0 Å². The molecular weight excluding hydrogens is 321 g/mol. The zero-order chi connectivity index (χ0) is 13.9. The molecule has 3 nitrogen and oxygen atoms in total. The van der Waals surface area contributed by atoms with E-state index in [1.165, 1.54) is 6.07 Å². The molecule has 0 unspecified atom stereocenters. The first-order valence-corrected chi connectivity index (χ1v) is 6.91. The van der Waals surface area contributed by atoms with Gasteiger partial charge < -0.3 is 0 Å². The van der Waals surface area contributed by atoms with Crippen molar-refractivity contribution in [1.29, 1.82) is 0 Å². The van der Waals surface area contributed by atoms with Gasteiger partial charge in [-0.15, -0.1) is 5.10 Å². The van der Waals surface area contributed by atoms with Crippen LogP contribution in [0.25, 0.3) is 11.3 Å². The second-order valence-corrected chi connectivity index (χ2v) is 5.33. The highest BCUT2D eigenvalue weighted by atomic mass is 79.9. The lowest BCUT2D eigenvalue weighted by Gasteiger charge is -2.00.